The van der Waals surface area contributed by atoms with Gasteiger partial charge in [0.2, 0.25) is 0 Å². The zero-order chi connectivity index (χ0) is 19.4. The number of halogens is 2. The van der Waals surface area contributed by atoms with Crippen LogP contribution in [0.25, 0.3) is 10.9 Å². The third kappa shape index (κ3) is 4.25. The Kier molecular flexibility index (Phi) is 5.40. The Morgan fingerprint density at radius 3 is 2.59 bits per heavy atom. The molecule has 1 amide bonds. The lowest BCUT2D eigenvalue weighted by atomic mass is 10.1. The first kappa shape index (κ1) is 18.4. The second-order valence-electron chi connectivity index (χ2n) is 5.88. The molecule has 5 nitrogen and oxygen atoms in total. The Morgan fingerprint density at radius 1 is 1.07 bits per heavy atom. The molecule has 1 aromatic heterocycles. The number of carbonyl (C=O) groups excluding carboxylic acids is 2. The van der Waals surface area contributed by atoms with Crippen LogP contribution in [0.3, 0.4) is 0 Å². The van der Waals surface area contributed by atoms with E-state index in [0.29, 0.717) is 5.69 Å². The highest BCUT2D eigenvalue weighted by Crippen LogP contribution is 2.14. The van der Waals surface area contributed by atoms with Crippen molar-refractivity contribution in [2.24, 2.45) is 0 Å². The van der Waals surface area contributed by atoms with Crippen molar-refractivity contribution in [1.82, 2.24) is 10.3 Å². The van der Waals surface area contributed by atoms with Crippen LogP contribution in [0.15, 0.2) is 54.6 Å². The van der Waals surface area contributed by atoms with Crippen LogP contribution in [0.5, 0.6) is 0 Å². The Balaban J connectivity index is 1.81. The third-order valence-electron chi connectivity index (χ3n) is 4.04. The number of methoxy groups -OCH3 is 1. The molecule has 0 aliphatic heterocycles. The highest BCUT2D eigenvalue weighted by Gasteiger charge is 2.23. The van der Waals surface area contributed by atoms with E-state index in [0.717, 1.165) is 29.1 Å². The summed E-state index contributed by atoms with van der Waals surface area (Å²) in [5, 5.41) is 3.43. The van der Waals surface area contributed by atoms with Crippen LogP contribution in [0, 0.1) is 11.6 Å². The van der Waals surface area contributed by atoms with Crippen molar-refractivity contribution in [2.45, 2.75) is 12.5 Å². The van der Waals surface area contributed by atoms with Gasteiger partial charge >= 0.3 is 5.97 Å². The molecular formula is C20H16F2N2O3. The van der Waals surface area contributed by atoms with E-state index in [1.165, 1.54) is 7.11 Å². The number of amides is 1. The molecule has 0 spiro atoms. The number of nitrogens with one attached hydrogen (secondary N) is 1. The zero-order valence-electron chi connectivity index (χ0n) is 14.4. The van der Waals surface area contributed by atoms with E-state index in [-0.39, 0.29) is 12.0 Å². The second kappa shape index (κ2) is 7.90. The summed E-state index contributed by atoms with van der Waals surface area (Å²) in [5.74, 6) is -3.59. The summed E-state index contributed by atoms with van der Waals surface area (Å²) in [4.78, 5) is 28.9. The number of aromatic nitrogens is 1. The maximum Gasteiger partial charge on any atom is 0.328 e. The van der Waals surface area contributed by atoms with Gasteiger partial charge in [0.1, 0.15) is 6.04 Å². The second-order valence-corrected chi connectivity index (χ2v) is 5.88. The number of benzene rings is 2. The first-order valence-electron chi connectivity index (χ1n) is 8.16. The summed E-state index contributed by atoms with van der Waals surface area (Å²) < 4.78 is 31.1. The van der Waals surface area contributed by atoms with Crippen LogP contribution in [-0.4, -0.2) is 30.0 Å². The van der Waals surface area contributed by atoms with Crippen LogP contribution < -0.4 is 5.32 Å². The van der Waals surface area contributed by atoms with Gasteiger partial charge in [-0.1, -0.05) is 24.3 Å². The molecule has 0 aliphatic rings. The van der Waals surface area contributed by atoms with Crippen molar-refractivity contribution in [3.8, 4) is 0 Å². The van der Waals surface area contributed by atoms with E-state index in [1.54, 1.807) is 6.07 Å². The highest BCUT2D eigenvalue weighted by molar-refractivity contribution is 5.96. The molecule has 7 heteroatoms. The minimum absolute atomic E-state index is 0.0902. The molecule has 3 rings (SSSR count). The number of hydrogen-bond acceptors (Lipinski definition) is 4. The molecule has 27 heavy (non-hydrogen) atoms. The fourth-order valence-corrected chi connectivity index (χ4v) is 2.65. The molecule has 2 aromatic carbocycles. The Morgan fingerprint density at radius 2 is 1.85 bits per heavy atom. The van der Waals surface area contributed by atoms with Crippen LogP contribution in [-0.2, 0) is 16.0 Å². The average Bonchev–Trinajstić information content (AvgIpc) is 2.68. The molecule has 0 unspecified atom stereocenters. The van der Waals surface area contributed by atoms with Gasteiger partial charge in [0, 0.05) is 23.1 Å². The zero-order valence-corrected chi connectivity index (χ0v) is 14.4. The van der Waals surface area contributed by atoms with Crippen LogP contribution >= 0.6 is 0 Å². The van der Waals surface area contributed by atoms with E-state index >= 15 is 0 Å². The van der Waals surface area contributed by atoms with Crippen molar-refractivity contribution in [1.29, 1.82) is 0 Å². The number of fused-ring (bicyclic) bond motifs is 1. The minimum Gasteiger partial charge on any atom is -0.467 e. The van der Waals surface area contributed by atoms with Gasteiger partial charge in [-0.25, -0.2) is 13.6 Å². The number of hydrogen-bond donors (Lipinski definition) is 1. The lowest BCUT2D eigenvalue weighted by molar-refractivity contribution is -0.142. The van der Waals surface area contributed by atoms with Crippen molar-refractivity contribution >= 4 is 22.8 Å². The molecular weight excluding hydrogens is 354 g/mol. The Bertz CT molecular complexity index is 1010. The van der Waals surface area contributed by atoms with Gasteiger partial charge in [0.05, 0.1) is 12.6 Å². The molecule has 1 atom stereocenters. The fraction of sp³-hybridized carbons (Fsp3) is 0.150. The minimum atomic E-state index is -1.14. The van der Waals surface area contributed by atoms with E-state index in [1.807, 2.05) is 30.3 Å². The number of pyridine rings is 1. The summed E-state index contributed by atoms with van der Waals surface area (Å²) in [7, 11) is 1.20. The summed E-state index contributed by atoms with van der Waals surface area (Å²) in [6.07, 6.45) is 0.0902. The molecule has 1 heterocycles. The first-order valence-corrected chi connectivity index (χ1v) is 8.16. The van der Waals surface area contributed by atoms with Crippen molar-refractivity contribution in [3.05, 3.63) is 77.5 Å². The molecule has 0 bridgehead atoms. The molecule has 0 radical (unpaired) electrons. The maximum absolute atomic E-state index is 13.3. The van der Waals surface area contributed by atoms with Crippen molar-refractivity contribution < 1.29 is 23.1 Å². The molecule has 3 aromatic rings. The number of ether oxygens (including phenoxy) is 1. The predicted octanol–water partition coefficient (Wildman–Crippen LogP) is 3.03. The number of rotatable bonds is 5. The monoisotopic (exact) mass is 370 g/mol. The van der Waals surface area contributed by atoms with Gasteiger partial charge in [-0.05, 0) is 30.3 Å². The SMILES string of the molecule is COC(=O)[C@@H](Cc1ccc2ccccc2n1)NC(=O)c1ccc(F)c(F)c1. The molecule has 138 valence electrons. The van der Waals surface area contributed by atoms with Gasteiger partial charge in [-0.3, -0.25) is 9.78 Å². The summed E-state index contributed by atoms with van der Waals surface area (Å²) in [6, 6.07) is 12.8. The molecule has 0 aliphatic carbocycles. The number of carbonyl (C=O) groups is 2. The van der Waals surface area contributed by atoms with E-state index in [2.05, 4.69) is 10.3 Å². The van der Waals surface area contributed by atoms with Crippen LogP contribution in [0.2, 0.25) is 0 Å². The van der Waals surface area contributed by atoms with Gasteiger partial charge in [-0.15, -0.1) is 0 Å². The fourth-order valence-electron chi connectivity index (χ4n) is 2.65. The lowest BCUT2D eigenvalue weighted by Crippen LogP contribution is -2.43. The molecule has 1 N–H and O–H groups in total. The predicted molar refractivity (Wildman–Crippen MR) is 95.1 cm³/mol. The summed E-state index contributed by atoms with van der Waals surface area (Å²) >= 11 is 0. The van der Waals surface area contributed by atoms with Gasteiger partial charge < -0.3 is 10.1 Å². The molecule has 0 fully saturated rings. The lowest BCUT2D eigenvalue weighted by Gasteiger charge is -2.16. The normalized spacial score (nSPS) is 11.8. The van der Waals surface area contributed by atoms with Gasteiger partial charge in [0.15, 0.2) is 11.6 Å². The highest BCUT2D eigenvalue weighted by atomic mass is 19.2. The topological polar surface area (TPSA) is 68.3 Å². The number of esters is 1. The van der Waals surface area contributed by atoms with E-state index in [4.69, 9.17) is 4.74 Å². The number of para-hydroxylation sites is 1. The Labute approximate surface area is 154 Å². The number of nitrogens with zero attached hydrogens (tertiary/aromatic N) is 1. The van der Waals surface area contributed by atoms with Crippen LogP contribution in [0.1, 0.15) is 16.1 Å². The maximum atomic E-state index is 13.3. The molecule has 0 saturated heterocycles. The van der Waals surface area contributed by atoms with Gasteiger partial charge in [0.25, 0.3) is 5.91 Å². The first-order chi connectivity index (χ1) is 13.0. The summed E-state index contributed by atoms with van der Waals surface area (Å²) in [6.45, 7) is 0. The largest absolute Gasteiger partial charge is 0.467 e. The van der Waals surface area contributed by atoms with E-state index in [9.17, 15) is 18.4 Å². The van der Waals surface area contributed by atoms with Crippen molar-refractivity contribution in [3.63, 3.8) is 0 Å². The summed E-state index contributed by atoms with van der Waals surface area (Å²) in [5.41, 5.74) is 1.23. The van der Waals surface area contributed by atoms with Crippen LogP contribution in [0.4, 0.5) is 8.78 Å². The molecule has 0 saturated carbocycles. The standard InChI is InChI=1S/C20H16F2N2O3/c1-27-20(26)18(24-19(25)13-7-9-15(21)16(22)10-13)11-14-8-6-12-4-2-3-5-17(12)23-14/h2-10,18H,11H2,1H3,(H,24,25)/t18-/m1/s1. The quantitative estimate of drug-likeness (QED) is 0.701. The smallest absolute Gasteiger partial charge is 0.328 e. The Hall–Kier alpha value is -3.35. The van der Waals surface area contributed by atoms with Crippen molar-refractivity contribution in [2.75, 3.05) is 7.11 Å². The van der Waals surface area contributed by atoms with Gasteiger partial charge in [-0.2, -0.15) is 0 Å². The average molecular weight is 370 g/mol. The third-order valence-corrected chi connectivity index (χ3v) is 4.04. The van der Waals surface area contributed by atoms with E-state index < -0.39 is 29.6 Å².